The molecule has 1 amide bonds. The van der Waals surface area contributed by atoms with Gasteiger partial charge in [-0.1, -0.05) is 46.3 Å². The van der Waals surface area contributed by atoms with Crippen molar-refractivity contribution in [2.75, 3.05) is 0 Å². The number of hydrogen-bond acceptors (Lipinski definition) is 3. The predicted octanol–water partition coefficient (Wildman–Crippen LogP) is 4.42. The SMILES string of the molecule is C[C@@]12C[C@@H](c3cc(Br)cc(Br)c3O1)[C@@H](C(=O)c1ccccc1)C(=O)N2. The van der Waals surface area contributed by atoms with E-state index in [1.807, 2.05) is 37.3 Å². The van der Waals surface area contributed by atoms with Gasteiger partial charge in [0.05, 0.1) is 4.47 Å². The van der Waals surface area contributed by atoms with E-state index in [0.717, 1.165) is 14.5 Å². The van der Waals surface area contributed by atoms with Gasteiger partial charge >= 0.3 is 0 Å². The van der Waals surface area contributed by atoms with Crippen LogP contribution < -0.4 is 10.1 Å². The lowest BCUT2D eigenvalue weighted by Crippen LogP contribution is -2.62. The zero-order valence-corrected chi connectivity index (χ0v) is 16.6. The third-order valence-corrected chi connectivity index (χ3v) is 5.83. The van der Waals surface area contributed by atoms with Crippen molar-refractivity contribution in [3.05, 3.63) is 62.5 Å². The van der Waals surface area contributed by atoms with E-state index < -0.39 is 11.6 Å². The van der Waals surface area contributed by atoms with Gasteiger partial charge in [-0.2, -0.15) is 0 Å². The van der Waals surface area contributed by atoms with E-state index in [-0.39, 0.29) is 17.6 Å². The molecule has 25 heavy (non-hydrogen) atoms. The Morgan fingerprint density at radius 3 is 2.68 bits per heavy atom. The number of carbonyl (C=O) groups is 2. The summed E-state index contributed by atoms with van der Waals surface area (Å²) in [7, 11) is 0. The minimum Gasteiger partial charge on any atom is -0.467 e. The lowest BCUT2D eigenvalue weighted by molar-refractivity contribution is -0.137. The maximum atomic E-state index is 13.1. The molecule has 1 saturated heterocycles. The summed E-state index contributed by atoms with van der Waals surface area (Å²) in [6.07, 6.45) is 0.553. The summed E-state index contributed by atoms with van der Waals surface area (Å²) in [6.45, 7) is 1.85. The van der Waals surface area contributed by atoms with E-state index in [0.29, 0.717) is 17.7 Å². The monoisotopic (exact) mass is 463 g/mol. The Balaban J connectivity index is 1.84. The zero-order chi connectivity index (χ0) is 17.8. The smallest absolute Gasteiger partial charge is 0.234 e. The van der Waals surface area contributed by atoms with Crippen molar-refractivity contribution in [1.82, 2.24) is 5.32 Å². The third-order valence-electron chi connectivity index (χ3n) is 4.79. The number of hydrogen-bond donors (Lipinski definition) is 1. The fourth-order valence-electron chi connectivity index (χ4n) is 3.74. The molecular formula is C19H15Br2NO3. The molecule has 128 valence electrons. The van der Waals surface area contributed by atoms with Gasteiger partial charge in [0.25, 0.3) is 0 Å². The first kappa shape index (κ1) is 16.8. The maximum absolute atomic E-state index is 13.1. The van der Waals surface area contributed by atoms with E-state index in [1.165, 1.54) is 0 Å². The Morgan fingerprint density at radius 1 is 1.24 bits per heavy atom. The molecule has 0 radical (unpaired) electrons. The van der Waals surface area contributed by atoms with E-state index in [9.17, 15) is 9.59 Å². The summed E-state index contributed by atoms with van der Waals surface area (Å²) in [4.78, 5) is 25.8. The zero-order valence-electron chi connectivity index (χ0n) is 13.4. The van der Waals surface area contributed by atoms with Gasteiger partial charge in [-0.25, -0.2) is 0 Å². The number of amides is 1. The summed E-state index contributed by atoms with van der Waals surface area (Å²) in [5, 5.41) is 2.89. The third kappa shape index (κ3) is 2.81. The van der Waals surface area contributed by atoms with Crippen LogP contribution in [0.5, 0.6) is 5.75 Å². The number of rotatable bonds is 2. The van der Waals surface area contributed by atoms with E-state index >= 15 is 0 Å². The molecule has 2 aliphatic rings. The van der Waals surface area contributed by atoms with E-state index in [4.69, 9.17) is 4.74 Å². The van der Waals surface area contributed by atoms with Crippen LogP contribution in [0.2, 0.25) is 0 Å². The van der Waals surface area contributed by atoms with Crippen LogP contribution in [-0.2, 0) is 4.79 Å². The van der Waals surface area contributed by atoms with Crippen LogP contribution >= 0.6 is 31.9 Å². The fraction of sp³-hybridized carbons (Fsp3) is 0.263. The van der Waals surface area contributed by atoms with Crippen molar-refractivity contribution in [3.63, 3.8) is 0 Å². The highest BCUT2D eigenvalue weighted by Crippen LogP contribution is 2.50. The van der Waals surface area contributed by atoms with Gasteiger partial charge in [-0.3, -0.25) is 9.59 Å². The number of fused-ring (bicyclic) bond motifs is 4. The van der Waals surface area contributed by atoms with Gasteiger partial charge in [0.1, 0.15) is 11.7 Å². The second kappa shape index (κ2) is 5.95. The van der Waals surface area contributed by atoms with Gasteiger partial charge < -0.3 is 10.1 Å². The maximum Gasteiger partial charge on any atom is 0.234 e. The molecule has 2 heterocycles. The Kier molecular flexibility index (Phi) is 4.00. The Bertz CT molecular complexity index is 884. The molecule has 2 aromatic carbocycles. The highest BCUT2D eigenvalue weighted by molar-refractivity contribution is 9.11. The van der Waals surface area contributed by atoms with Crippen LogP contribution in [0.25, 0.3) is 0 Å². The van der Waals surface area contributed by atoms with E-state index in [1.54, 1.807) is 12.1 Å². The van der Waals surface area contributed by atoms with Crippen LogP contribution in [0.3, 0.4) is 0 Å². The molecule has 1 fully saturated rings. The Hall–Kier alpha value is -1.66. The molecule has 6 heteroatoms. The Morgan fingerprint density at radius 2 is 1.96 bits per heavy atom. The lowest BCUT2D eigenvalue weighted by atomic mass is 9.72. The first-order chi connectivity index (χ1) is 11.9. The van der Waals surface area contributed by atoms with Gasteiger partial charge in [0, 0.05) is 27.9 Å². The molecule has 2 aromatic rings. The normalized spacial score (nSPS) is 27.1. The number of Topliss-reactive ketones (excluding diaryl/α,β-unsaturated/α-hetero) is 1. The summed E-state index contributed by atoms with van der Waals surface area (Å²) in [5.74, 6) is -0.750. The fourth-order valence-corrected chi connectivity index (χ4v) is 5.08. The molecular weight excluding hydrogens is 450 g/mol. The summed E-state index contributed by atoms with van der Waals surface area (Å²) < 4.78 is 7.75. The van der Waals surface area contributed by atoms with Crippen LogP contribution in [0.15, 0.2) is 51.4 Å². The molecule has 2 aliphatic heterocycles. The first-order valence-electron chi connectivity index (χ1n) is 7.97. The Labute approximate surface area is 162 Å². The van der Waals surface area contributed by atoms with E-state index in [2.05, 4.69) is 37.2 Å². The number of halogens is 2. The molecule has 2 bridgehead atoms. The molecule has 3 atom stereocenters. The van der Waals surface area contributed by atoms with Crippen molar-refractivity contribution >= 4 is 43.6 Å². The minimum absolute atomic E-state index is 0.158. The largest absolute Gasteiger partial charge is 0.467 e. The highest BCUT2D eigenvalue weighted by Gasteiger charge is 2.52. The minimum atomic E-state index is -0.807. The van der Waals surface area contributed by atoms with Crippen LogP contribution in [-0.4, -0.2) is 17.4 Å². The number of benzene rings is 2. The molecule has 0 aromatic heterocycles. The summed E-state index contributed by atoms with van der Waals surface area (Å²) in [5.41, 5.74) is 0.620. The van der Waals surface area contributed by atoms with Crippen molar-refractivity contribution in [3.8, 4) is 5.75 Å². The number of piperidine rings is 1. The lowest BCUT2D eigenvalue weighted by Gasteiger charge is -2.47. The van der Waals surface area contributed by atoms with Crippen molar-refractivity contribution in [1.29, 1.82) is 0 Å². The van der Waals surface area contributed by atoms with Crippen LogP contribution in [0.1, 0.15) is 35.2 Å². The summed E-state index contributed by atoms with van der Waals surface area (Å²) in [6, 6.07) is 12.8. The predicted molar refractivity (Wildman–Crippen MR) is 101 cm³/mol. The molecule has 4 rings (SSSR count). The molecule has 0 unspecified atom stereocenters. The molecule has 1 N–H and O–H groups in total. The van der Waals surface area contributed by atoms with Crippen molar-refractivity contribution in [2.24, 2.45) is 5.92 Å². The summed E-state index contributed by atoms with van der Waals surface area (Å²) >= 11 is 7.02. The van der Waals surface area contributed by atoms with Crippen molar-refractivity contribution in [2.45, 2.75) is 25.0 Å². The molecule has 0 aliphatic carbocycles. The van der Waals surface area contributed by atoms with Gasteiger partial charge in [-0.15, -0.1) is 0 Å². The molecule has 0 spiro atoms. The topological polar surface area (TPSA) is 55.4 Å². The van der Waals surface area contributed by atoms with Crippen LogP contribution in [0.4, 0.5) is 0 Å². The second-order valence-corrected chi connectivity index (χ2v) is 8.42. The van der Waals surface area contributed by atoms with Gasteiger partial charge in [-0.05, 0) is 35.0 Å². The highest BCUT2D eigenvalue weighted by atomic mass is 79.9. The standard InChI is InChI=1S/C19H15Br2NO3/c1-19-9-13(12-7-11(20)8-14(21)17(12)25-19)15(18(24)22-19)16(23)10-5-3-2-4-6-10/h2-8,13,15H,9H2,1H3,(H,22,24)/t13-,15-,19-/m0/s1. The van der Waals surface area contributed by atoms with Gasteiger partial charge in [0.15, 0.2) is 11.5 Å². The average molecular weight is 465 g/mol. The quantitative estimate of drug-likeness (QED) is 0.528. The number of carbonyl (C=O) groups excluding carboxylic acids is 2. The average Bonchev–Trinajstić information content (AvgIpc) is 2.56. The first-order valence-corrected chi connectivity index (χ1v) is 9.56. The van der Waals surface area contributed by atoms with Crippen molar-refractivity contribution < 1.29 is 14.3 Å². The molecule has 4 nitrogen and oxygen atoms in total. The molecule has 0 saturated carbocycles. The number of ketones is 1. The number of ether oxygens (including phenoxy) is 1. The van der Waals surface area contributed by atoms with Crippen LogP contribution in [0, 0.1) is 5.92 Å². The number of nitrogens with one attached hydrogen (secondary N) is 1. The van der Waals surface area contributed by atoms with Gasteiger partial charge in [0.2, 0.25) is 5.91 Å². The second-order valence-electron chi connectivity index (χ2n) is 6.65.